The van der Waals surface area contributed by atoms with Crippen LogP contribution in [0, 0.1) is 6.92 Å². The molecule has 84 valence electrons. The van der Waals surface area contributed by atoms with Gasteiger partial charge < -0.3 is 8.83 Å². The second-order valence-electron chi connectivity index (χ2n) is 3.99. The van der Waals surface area contributed by atoms with E-state index in [9.17, 15) is 4.79 Å². The van der Waals surface area contributed by atoms with E-state index in [-0.39, 0.29) is 5.78 Å². The molecule has 0 unspecified atom stereocenters. The highest BCUT2D eigenvalue weighted by molar-refractivity contribution is 6.08. The molecule has 0 saturated carbocycles. The second kappa shape index (κ2) is 3.63. The SMILES string of the molecule is Cc1ccc2oc(C(=O)c3ccoc3)cc2c1. The first kappa shape index (κ1) is 9.90. The van der Waals surface area contributed by atoms with Gasteiger partial charge in [0.15, 0.2) is 5.76 Å². The summed E-state index contributed by atoms with van der Waals surface area (Å²) in [6.07, 6.45) is 2.89. The van der Waals surface area contributed by atoms with Crippen LogP contribution in [0.15, 0.2) is 51.7 Å². The van der Waals surface area contributed by atoms with E-state index in [0.29, 0.717) is 11.3 Å². The Balaban J connectivity index is 2.09. The van der Waals surface area contributed by atoms with Gasteiger partial charge in [-0.05, 0) is 31.2 Å². The van der Waals surface area contributed by atoms with Crippen LogP contribution in [0.2, 0.25) is 0 Å². The van der Waals surface area contributed by atoms with Gasteiger partial charge in [-0.25, -0.2) is 0 Å². The molecule has 2 heterocycles. The zero-order chi connectivity index (χ0) is 11.8. The summed E-state index contributed by atoms with van der Waals surface area (Å²) in [6, 6.07) is 9.21. The zero-order valence-electron chi connectivity index (χ0n) is 9.27. The van der Waals surface area contributed by atoms with Crippen LogP contribution >= 0.6 is 0 Å². The number of carbonyl (C=O) groups is 1. The van der Waals surface area contributed by atoms with E-state index in [1.54, 1.807) is 12.1 Å². The van der Waals surface area contributed by atoms with Crippen molar-refractivity contribution in [2.24, 2.45) is 0 Å². The molecule has 0 atom stereocenters. The molecule has 0 radical (unpaired) electrons. The molecule has 0 saturated heterocycles. The lowest BCUT2D eigenvalue weighted by Crippen LogP contribution is -1.96. The van der Waals surface area contributed by atoms with Crippen LogP contribution in [0.1, 0.15) is 21.7 Å². The molecule has 0 fully saturated rings. The fourth-order valence-electron chi connectivity index (χ4n) is 1.81. The minimum atomic E-state index is -0.160. The fraction of sp³-hybridized carbons (Fsp3) is 0.0714. The Morgan fingerprint density at radius 1 is 1.18 bits per heavy atom. The first-order chi connectivity index (χ1) is 8.24. The maximum Gasteiger partial charge on any atom is 0.231 e. The minimum Gasteiger partial charge on any atom is -0.472 e. The summed E-state index contributed by atoms with van der Waals surface area (Å²) in [5, 5.41) is 0.942. The van der Waals surface area contributed by atoms with Crippen LogP contribution in [-0.2, 0) is 0 Å². The summed E-state index contributed by atoms with van der Waals surface area (Å²) in [5.41, 5.74) is 2.36. The van der Waals surface area contributed by atoms with Gasteiger partial charge in [0.1, 0.15) is 11.8 Å². The molecule has 0 aliphatic heterocycles. The number of rotatable bonds is 2. The predicted octanol–water partition coefficient (Wildman–Crippen LogP) is 3.57. The average molecular weight is 226 g/mol. The number of fused-ring (bicyclic) bond motifs is 1. The Morgan fingerprint density at radius 3 is 2.82 bits per heavy atom. The average Bonchev–Trinajstić information content (AvgIpc) is 2.96. The molecule has 3 nitrogen and oxygen atoms in total. The summed E-state index contributed by atoms with van der Waals surface area (Å²) in [7, 11) is 0. The first-order valence-electron chi connectivity index (χ1n) is 5.31. The summed E-state index contributed by atoms with van der Waals surface area (Å²) < 4.78 is 10.4. The largest absolute Gasteiger partial charge is 0.472 e. The van der Waals surface area contributed by atoms with Crippen LogP contribution in [0.3, 0.4) is 0 Å². The number of benzene rings is 1. The fourth-order valence-corrected chi connectivity index (χ4v) is 1.81. The van der Waals surface area contributed by atoms with E-state index in [1.165, 1.54) is 12.5 Å². The Hall–Kier alpha value is -2.29. The standard InChI is InChI=1S/C14H10O3/c1-9-2-3-12-11(6-9)7-13(17-12)14(15)10-4-5-16-8-10/h2-8H,1H3. The zero-order valence-corrected chi connectivity index (χ0v) is 9.27. The molecule has 3 aromatic rings. The number of carbonyl (C=O) groups excluding carboxylic acids is 1. The molecule has 0 N–H and O–H groups in total. The van der Waals surface area contributed by atoms with Gasteiger partial charge in [-0.15, -0.1) is 0 Å². The van der Waals surface area contributed by atoms with E-state index in [2.05, 4.69) is 0 Å². The maximum atomic E-state index is 12.0. The van der Waals surface area contributed by atoms with Crippen molar-refractivity contribution in [3.05, 3.63) is 59.7 Å². The lowest BCUT2D eigenvalue weighted by Gasteiger charge is -1.90. The molecule has 0 amide bonds. The molecule has 0 bridgehead atoms. The van der Waals surface area contributed by atoms with Crippen molar-refractivity contribution in [3.63, 3.8) is 0 Å². The third-order valence-corrected chi connectivity index (χ3v) is 2.68. The quantitative estimate of drug-likeness (QED) is 0.627. The lowest BCUT2D eigenvalue weighted by molar-refractivity contribution is 0.101. The Kier molecular flexibility index (Phi) is 2.11. The van der Waals surface area contributed by atoms with Crippen LogP contribution in [0.4, 0.5) is 0 Å². The van der Waals surface area contributed by atoms with E-state index in [4.69, 9.17) is 8.83 Å². The second-order valence-corrected chi connectivity index (χ2v) is 3.99. The molecular weight excluding hydrogens is 216 g/mol. The highest BCUT2D eigenvalue weighted by Crippen LogP contribution is 2.22. The Bertz CT molecular complexity index is 675. The highest BCUT2D eigenvalue weighted by atomic mass is 16.3. The molecule has 0 aliphatic rings. The number of hydrogen-bond donors (Lipinski definition) is 0. The van der Waals surface area contributed by atoms with E-state index in [0.717, 1.165) is 16.5 Å². The van der Waals surface area contributed by atoms with Crippen molar-refractivity contribution < 1.29 is 13.6 Å². The third kappa shape index (κ3) is 1.65. The van der Waals surface area contributed by atoms with E-state index in [1.807, 2.05) is 25.1 Å². The van der Waals surface area contributed by atoms with Crippen molar-refractivity contribution in [1.82, 2.24) is 0 Å². The minimum absolute atomic E-state index is 0.160. The summed E-state index contributed by atoms with van der Waals surface area (Å²) in [5.74, 6) is 0.180. The van der Waals surface area contributed by atoms with Crippen LogP contribution in [0.25, 0.3) is 11.0 Å². The molecule has 3 rings (SSSR count). The monoisotopic (exact) mass is 226 g/mol. The smallest absolute Gasteiger partial charge is 0.231 e. The van der Waals surface area contributed by atoms with Gasteiger partial charge in [0, 0.05) is 5.39 Å². The van der Waals surface area contributed by atoms with Gasteiger partial charge in [-0.1, -0.05) is 11.6 Å². The Labute approximate surface area is 97.7 Å². The molecule has 0 spiro atoms. The number of aryl methyl sites for hydroxylation is 1. The van der Waals surface area contributed by atoms with Gasteiger partial charge in [0.05, 0.1) is 11.8 Å². The van der Waals surface area contributed by atoms with Crippen molar-refractivity contribution in [1.29, 1.82) is 0 Å². The normalized spacial score (nSPS) is 10.9. The molecule has 1 aromatic carbocycles. The van der Waals surface area contributed by atoms with Crippen molar-refractivity contribution >= 4 is 16.8 Å². The number of ketones is 1. The van der Waals surface area contributed by atoms with Crippen molar-refractivity contribution in [2.75, 3.05) is 0 Å². The summed E-state index contributed by atoms with van der Waals surface area (Å²) in [6.45, 7) is 2.00. The molecule has 0 aliphatic carbocycles. The molecule has 2 aromatic heterocycles. The number of hydrogen-bond acceptors (Lipinski definition) is 3. The summed E-state index contributed by atoms with van der Waals surface area (Å²) >= 11 is 0. The molecular formula is C14H10O3. The summed E-state index contributed by atoms with van der Waals surface area (Å²) in [4.78, 5) is 12.0. The van der Waals surface area contributed by atoms with E-state index >= 15 is 0 Å². The van der Waals surface area contributed by atoms with Gasteiger partial charge in [0.25, 0.3) is 0 Å². The first-order valence-corrected chi connectivity index (χ1v) is 5.31. The van der Waals surface area contributed by atoms with Gasteiger partial charge in [-0.2, -0.15) is 0 Å². The van der Waals surface area contributed by atoms with Gasteiger partial charge >= 0.3 is 0 Å². The van der Waals surface area contributed by atoms with Crippen LogP contribution < -0.4 is 0 Å². The maximum absolute atomic E-state index is 12.0. The molecule has 17 heavy (non-hydrogen) atoms. The van der Waals surface area contributed by atoms with Crippen molar-refractivity contribution in [3.8, 4) is 0 Å². The molecule has 3 heteroatoms. The third-order valence-electron chi connectivity index (χ3n) is 2.68. The topological polar surface area (TPSA) is 43.4 Å². The lowest BCUT2D eigenvalue weighted by atomic mass is 10.1. The predicted molar refractivity (Wildman–Crippen MR) is 63.1 cm³/mol. The van der Waals surface area contributed by atoms with Crippen LogP contribution in [0.5, 0.6) is 0 Å². The Morgan fingerprint density at radius 2 is 2.06 bits per heavy atom. The van der Waals surface area contributed by atoms with Crippen LogP contribution in [-0.4, -0.2) is 5.78 Å². The highest BCUT2D eigenvalue weighted by Gasteiger charge is 2.15. The van der Waals surface area contributed by atoms with E-state index < -0.39 is 0 Å². The van der Waals surface area contributed by atoms with Gasteiger partial charge in [0.2, 0.25) is 5.78 Å². The van der Waals surface area contributed by atoms with Gasteiger partial charge in [-0.3, -0.25) is 4.79 Å². The number of furan rings is 2. The van der Waals surface area contributed by atoms with Crippen molar-refractivity contribution in [2.45, 2.75) is 6.92 Å².